The maximum Gasteiger partial charge on any atom is 0.294 e. The van der Waals surface area contributed by atoms with E-state index < -0.39 is 10.5 Å². The summed E-state index contributed by atoms with van der Waals surface area (Å²) in [6.07, 6.45) is 5.41. The number of aromatic nitrogens is 4. The van der Waals surface area contributed by atoms with Crippen molar-refractivity contribution < 1.29 is 9.72 Å². The van der Waals surface area contributed by atoms with Gasteiger partial charge in [-0.1, -0.05) is 36.4 Å². The lowest BCUT2D eigenvalue weighted by Gasteiger charge is -2.26. The number of benzene rings is 2. The standard InChI is InChI=1S/C23H20N6O4/c30-21(26-18-9-5-7-15-6-1-2-8-16(15)18)13-27-14-24-22-17(23(27)31)12-25-28(22)19-10-3-4-11-20(19)29(32)33/h1-4,6,8,10-12,14,18H,5,7,9,13H2,(H,26,30). The summed E-state index contributed by atoms with van der Waals surface area (Å²) >= 11 is 0. The van der Waals surface area contributed by atoms with Crippen LogP contribution in [0.15, 0.2) is 65.8 Å². The average molecular weight is 444 g/mol. The molecule has 33 heavy (non-hydrogen) atoms. The van der Waals surface area contributed by atoms with Gasteiger partial charge in [0.15, 0.2) is 5.65 Å². The maximum atomic E-state index is 13.0. The lowest BCUT2D eigenvalue weighted by molar-refractivity contribution is -0.384. The molecule has 10 nitrogen and oxygen atoms in total. The van der Waals surface area contributed by atoms with Crippen molar-refractivity contribution in [1.29, 1.82) is 0 Å². The molecule has 2 aromatic heterocycles. The maximum absolute atomic E-state index is 13.0. The summed E-state index contributed by atoms with van der Waals surface area (Å²) in [5, 5.41) is 18.7. The lowest BCUT2D eigenvalue weighted by Crippen LogP contribution is -2.36. The number of aryl methyl sites for hydroxylation is 1. The molecule has 166 valence electrons. The smallest absolute Gasteiger partial charge is 0.294 e. The molecule has 2 heterocycles. The number of hydrogen-bond donors (Lipinski definition) is 1. The van der Waals surface area contributed by atoms with Gasteiger partial charge in [-0.2, -0.15) is 5.10 Å². The predicted octanol–water partition coefficient (Wildman–Crippen LogP) is 2.68. The van der Waals surface area contributed by atoms with Gasteiger partial charge in [0.05, 0.1) is 17.2 Å². The number of fused-ring (bicyclic) bond motifs is 2. The molecule has 2 aromatic carbocycles. The van der Waals surface area contributed by atoms with E-state index in [0.29, 0.717) is 0 Å². The van der Waals surface area contributed by atoms with Crippen LogP contribution in [0.5, 0.6) is 0 Å². The van der Waals surface area contributed by atoms with E-state index >= 15 is 0 Å². The Kier molecular flexibility index (Phi) is 5.17. The van der Waals surface area contributed by atoms with Crippen LogP contribution < -0.4 is 10.9 Å². The zero-order valence-electron chi connectivity index (χ0n) is 17.5. The van der Waals surface area contributed by atoms with Gasteiger partial charge < -0.3 is 5.32 Å². The van der Waals surface area contributed by atoms with Gasteiger partial charge in [-0.3, -0.25) is 24.3 Å². The highest BCUT2D eigenvalue weighted by atomic mass is 16.6. The summed E-state index contributed by atoms with van der Waals surface area (Å²) in [7, 11) is 0. The second kappa shape index (κ2) is 8.30. The Bertz CT molecular complexity index is 1440. The summed E-state index contributed by atoms with van der Waals surface area (Å²) in [6.45, 7) is -0.183. The zero-order valence-corrected chi connectivity index (χ0v) is 17.5. The summed E-state index contributed by atoms with van der Waals surface area (Å²) < 4.78 is 2.48. The number of para-hydroxylation sites is 2. The van der Waals surface area contributed by atoms with Crippen LogP contribution >= 0.6 is 0 Å². The van der Waals surface area contributed by atoms with E-state index in [4.69, 9.17) is 0 Å². The lowest BCUT2D eigenvalue weighted by atomic mass is 9.88. The second-order valence-electron chi connectivity index (χ2n) is 7.93. The minimum atomic E-state index is -0.516. The van der Waals surface area contributed by atoms with Gasteiger partial charge in [0.25, 0.3) is 11.2 Å². The Morgan fingerprint density at radius 2 is 1.97 bits per heavy atom. The van der Waals surface area contributed by atoms with Gasteiger partial charge in [0.2, 0.25) is 5.91 Å². The molecule has 0 fully saturated rings. The van der Waals surface area contributed by atoms with E-state index in [9.17, 15) is 19.7 Å². The van der Waals surface area contributed by atoms with Crippen LogP contribution in [0.3, 0.4) is 0 Å². The van der Waals surface area contributed by atoms with E-state index in [1.54, 1.807) is 12.1 Å². The van der Waals surface area contributed by atoms with Gasteiger partial charge in [0, 0.05) is 6.07 Å². The number of rotatable bonds is 5. The molecular formula is C23H20N6O4. The van der Waals surface area contributed by atoms with E-state index in [1.807, 2.05) is 18.2 Å². The molecule has 5 rings (SSSR count). The fourth-order valence-corrected chi connectivity index (χ4v) is 4.33. The first-order valence-electron chi connectivity index (χ1n) is 10.6. The summed E-state index contributed by atoms with van der Waals surface area (Å²) in [5.74, 6) is -0.286. The van der Waals surface area contributed by atoms with E-state index in [-0.39, 0.29) is 40.9 Å². The first-order valence-corrected chi connectivity index (χ1v) is 10.6. The SMILES string of the molecule is O=C(Cn1cnc2c(cnn2-c2ccccc2[N+](=O)[O-])c1=O)NC1CCCc2ccccc21. The van der Waals surface area contributed by atoms with Crippen molar-refractivity contribution in [2.75, 3.05) is 0 Å². The highest BCUT2D eigenvalue weighted by molar-refractivity contribution is 5.78. The van der Waals surface area contributed by atoms with Gasteiger partial charge in [0.1, 0.15) is 23.9 Å². The zero-order chi connectivity index (χ0) is 22.9. The average Bonchev–Trinajstić information content (AvgIpc) is 3.26. The number of amides is 1. The molecule has 1 aliphatic carbocycles. The second-order valence-corrected chi connectivity index (χ2v) is 7.93. The molecule has 10 heteroatoms. The number of nitrogens with one attached hydrogen (secondary N) is 1. The van der Waals surface area contributed by atoms with E-state index in [1.165, 1.54) is 39.5 Å². The van der Waals surface area contributed by atoms with Crippen LogP contribution in [0, 0.1) is 10.1 Å². The summed E-state index contributed by atoms with van der Waals surface area (Å²) in [5.41, 5.74) is 2.15. The number of nitro benzene ring substituents is 1. The number of carbonyl (C=O) groups is 1. The summed E-state index contributed by atoms with van der Waals surface area (Å²) in [6, 6.07) is 14.1. The molecule has 1 atom stereocenters. The number of nitrogens with zero attached hydrogens (tertiary/aromatic N) is 5. The molecular weight excluding hydrogens is 424 g/mol. The highest BCUT2D eigenvalue weighted by Gasteiger charge is 2.23. The first-order chi connectivity index (χ1) is 16.0. The molecule has 1 N–H and O–H groups in total. The normalized spacial score (nSPS) is 15.2. The van der Waals surface area contributed by atoms with Gasteiger partial charge >= 0.3 is 0 Å². The Labute approximate surface area is 187 Å². The highest BCUT2D eigenvalue weighted by Crippen LogP contribution is 2.29. The van der Waals surface area contributed by atoms with Crippen LogP contribution in [-0.2, 0) is 17.8 Å². The fraction of sp³-hybridized carbons (Fsp3) is 0.217. The Morgan fingerprint density at radius 3 is 2.82 bits per heavy atom. The van der Waals surface area contributed by atoms with Crippen LogP contribution in [-0.4, -0.2) is 30.2 Å². The van der Waals surface area contributed by atoms with Crippen molar-refractivity contribution >= 4 is 22.6 Å². The molecule has 0 bridgehead atoms. The van der Waals surface area contributed by atoms with Gasteiger partial charge in [-0.05, 0) is 36.5 Å². The van der Waals surface area contributed by atoms with Gasteiger partial charge in [-0.15, -0.1) is 0 Å². The van der Waals surface area contributed by atoms with E-state index in [0.717, 1.165) is 24.8 Å². The van der Waals surface area contributed by atoms with Crippen molar-refractivity contribution in [2.45, 2.75) is 31.8 Å². The molecule has 1 unspecified atom stereocenters. The molecule has 0 saturated carbocycles. The van der Waals surface area contributed by atoms with Crippen LogP contribution in [0.2, 0.25) is 0 Å². The fourth-order valence-electron chi connectivity index (χ4n) is 4.33. The molecule has 0 saturated heterocycles. The molecule has 0 aliphatic heterocycles. The molecule has 0 spiro atoms. The summed E-state index contributed by atoms with van der Waals surface area (Å²) in [4.78, 5) is 40.8. The van der Waals surface area contributed by atoms with Crippen molar-refractivity contribution in [3.63, 3.8) is 0 Å². The molecule has 0 radical (unpaired) electrons. The van der Waals surface area contributed by atoms with E-state index in [2.05, 4.69) is 21.5 Å². The quantitative estimate of drug-likeness (QED) is 0.373. The van der Waals surface area contributed by atoms with Crippen molar-refractivity contribution in [3.05, 3.63) is 92.7 Å². The van der Waals surface area contributed by atoms with Gasteiger partial charge in [-0.25, -0.2) is 9.67 Å². The molecule has 1 aliphatic rings. The topological polar surface area (TPSA) is 125 Å². The third kappa shape index (κ3) is 3.75. The van der Waals surface area contributed by atoms with Crippen molar-refractivity contribution in [2.24, 2.45) is 0 Å². The van der Waals surface area contributed by atoms with Crippen LogP contribution in [0.25, 0.3) is 16.7 Å². The first kappa shape index (κ1) is 20.6. The number of carbonyl (C=O) groups excluding carboxylic acids is 1. The third-order valence-electron chi connectivity index (χ3n) is 5.88. The number of nitro groups is 1. The predicted molar refractivity (Wildman–Crippen MR) is 120 cm³/mol. The minimum absolute atomic E-state index is 0.0868. The Hall–Kier alpha value is -4.34. The number of hydrogen-bond acceptors (Lipinski definition) is 6. The van der Waals surface area contributed by atoms with Crippen LogP contribution in [0.4, 0.5) is 5.69 Å². The molecule has 4 aromatic rings. The van der Waals surface area contributed by atoms with Crippen LogP contribution in [0.1, 0.15) is 30.0 Å². The Morgan fingerprint density at radius 1 is 1.18 bits per heavy atom. The minimum Gasteiger partial charge on any atom is -0.348 e. The third-order valence-corrected chi connectivity index (χ3v) is 5.88. The van der Waals surface area contributed by atoms with Crippen molar-refractivity contribution in [1.82, 2.24) is 24.6 Å². The monoisotopic (exact) mass is 444 g/mol. The largest absolute Gasteiger partial charge is 0.348 e. The Balaban J connectivity index is 1.41. The molecule has 1 amide bonds. The van der Waals surface area contributed by atoms with Crippen molar-refractivity contribution in [3.8, 4) is 5.69 Å².